The van der Waals surface area contributed by atoms with Gasteiger partial charge in [-0.2, -0.15) is 0 Å². The van der Waals surface area contributed by atoms with E-state index >= 15 is 0 Å². The molecule has 7 N–H and O–H groups in total. The van der Waals surface area contributed by atoms with Gasteiger partial charge >= 0.3 is 99.5 Å². The van der Waals surface area contributed by atoms with Crippen LogP contribution in [-0.2, 0) is 0 Å². The van der Waals surface area contributed by atoms with E-state index in [1.54, 1.807) is 0 Å². The van der Waals surface area contributed by atoms with Crippen LogP contribution >= 0.6 is 23.8 Å². The normalized spacial score (nSPS) is 11.2. The van der Waals surface area contributed by atoms with E-state index in [9.17, 15) is 5.11 Å². The molecule has 0 aliphatic heterocycles. The second-order valence-electron chi connectivity index (χ2n) is 14.9. The van der Waals surface area contributed by atoms with Gasteiger partial charge in [0.25, 0.3) is 0 Å². The van der Waals surface area contributed by atoms with E-state index in [-0.39, 0.29) is 18.9 Å². The van der Waals surface area contributed by atoms with Gasteiger partial charge in [0.2, 0.25) is 0 Å². The van der Waals surface area contributed by atoms with Crippen LogP contribution < -0.4 is 0 Å². The van der Waals surface area contributed by atoms with Crippen molar-refractivity contribution in [3.05, 3.63) is 29.4 Å². The average molecular weight is 889 g/mol. The van der Waals surface area contributed by atoms with Gasteiger partial charge in [-0.3, -0.25) is 0 Å². The van der Waals surface area contributed by atoms with Crippen molar-refractivity contribution in [3.8, 4) is 0 Å². The van der Waals surface area contributed by atoms with Crippen LogP contribution in [0.15, 0.2) is 32.0 Å². The van der Waals surface area contributed by atoms with Gasteiger partial charge in [-0.15, -0.1) is 38.7 Å². The van der Waals surface area contributed by atoms with Gasteiger partial charge < -0.3 is 36.4 Å². The molecule has 0 saturated heterocycles. The molecule has 348 valence electrons. The zero-order chi connectivity index (χ0) is 46.2. The van der Waals surface area contributed by atoms with Crippen LogP contribution in [0.5, 0.6) is 0 Å². The summed E-state index contributed by atoms with van der Waals surface area (Å²) >= 11 is 0. The summed E-state index contributed by atoms with van der Waals surface area (Å²) in [4.78, 5) is 48.7. The number of nitrogens with zero attached hydrogens (tertiary/aromatic N) is 6. The van der Waals surface area contributed by atoms with E-state index in [1.165, 1.54) is 160 Å². The van der Waals surface area contributed by atoms with E-state index in [1.807, 2.05) is 0 Å². The standard InChI is InChI=1S/C24H51OP.2C5H15P.Li.6HNO2.H/c1-4-7-10-13-15-18-21-23(20-17-12-9-6-3)24(25,26)22-19-16-14-11-8-5-2;2*1-5-6(2,3)4;;6*2-1-3;/h23,25H,4-22,26H2,1-3H3;2*6H,5H2,1-4H3;;6*(H,2,3);. The molecule has 0 bridgehead atoms. The molecule has 0 radical (unpaired) electrons. The van der Waals surface area contributed by atoms with Crippen LogP contribution in [0, 0.1) is 35.4 Å². The first kappa shape index (κ1) is 79.4. The van der Waals surface area contributed by atoms with Crippen molar-refractivity contribution in [1.29, 1.82) is 0 Å². The maximum absolute atomic E-state index is 11.1. The molecule has 3 atom stereocenters. The summed E-state index contributed by atoms with van der Waals surface area (Å²) in [5.74, 6) is 0.478. The van der Waals surface area contributed by atoms with Crippen molar-refractivity contribution in [1.82, 2.24) is 0 Å². The molecule has 0 amide bonds. The third-order valence-electron chi connectivity index (χ3n) is 8.07. The minimum atomic E-state index is -0.631. The van der Waals surface area contributed by atoms with Gasteiger partial charge in [0.15, 0.2) is 32.0 Å². The molecule has 23 heteroatoms. The quantitative estimate of drug-likeness (QED) is 0.0175. The number of rotatable bonds is 22. The van der Waals surface area contributed by atoms with Crippen LogP contribution in [0.3, 0.4) is 0 Å². The molecule has 0 saturated carbocycles. The second kappa shape index (κ2) is 71.9. The van der Waals surface area contributed by atoms with Gasteiger partial charge in [0, 0.05) is 0 Å². The van der Waals surface area contributed by atoms with Crippen molar-refractivity contribution >= 4 is 42.6 Å². The third-order valence-corrected chi connectivity index (χ3v) is 13.1. The molecule has 0 heterocycles. The molecular weight excluding hydrogens is 800 g/mol. The van der Waals surface area contributed by atoms with Crippen LogP contribution in [0.25, 0.3) is 0 Å². The summed E-state index contributed by atoms with van der Waals surface area (Å²) in [6.45, 7) is 25.7. The summed E-state index contributed by atoms with van der Waals surface area (Å²) in [7, 11) is 1.59. The van der Waals surface area contributed by atoms with Crippen molar-refractivity contribution in [3.63, 3.8) is 0 Å². The molecule has 0 aromatic rings. The fourth-order valence-electron chi connectivity index (χ4n) is 4.03. The van der Waals surface area contributed by atoms with Gasteiger partial charge in [-0.25, -0.2) is 0 Å². The summed E-state index contributed by atoms with van der Waals surface area (Å²) < 4.78 is 0. The predicted octanol–water partition coefficient (Wildman–Crippen LogP) is 12.1. The molecule has 0 aromatic heterocycles. The molecule has 57 heavy (non-hydrogen) atoms. The zero-order valence-corrected chi connectivity index (χ0v) is 39.9. The van der Waals surface area contributed by atoms with Gasteiger partial charge in [-0.05, 0) is 25.2 Å². The first-order valence-corrected chi connectivity index (χ1v) is 27.5. The molecule has 19 nitrogen and oxygen atoms in total. The second-order valence-corrected chi connectivity index (χ2v) is 27.6. The molecule has 3 unspecified atom stereocenters. The van der Waals surface area contributed by atoms with E-state index in [2.05, 4.69) is 83.8 Å². The Hall–Kier alpha value is -1.75. The molecular formula is C34H88LiN6O13P3. The molecule has 0 aliphatic carbocycles. The zero-order valence-electron chi connectivity index (χ0n) is 36.8. The number of hydrogen-bond acceptors (Lipinski definition) is 13. The van der Waals surface area contributed by atoms with Crippen molar-refractivity contribution in [2.45, 2.75) is 162 Å². The van der Waals surface area contributed by atoms with Crippen molar-refractivity contribution in [2.24, 2.45) is 38.0 Å². The average Bonchev–Trinajstić information content (AvgIpc) is 3.11. The monoisotopic (exact) mass is 889 g/mol. The van der Waals surface area contributed by atoms with Gasteiger partial charge in [-0.1, -0.05) is 124 Å². The Morgan fingerprint density at radius 2 is 0.614 bits per heavy atom. The molecule has 0 rings (SSSR count). The molecule has 0 aromatic carbocycles. The van der Waals surface area contributed by atoms with E-state index < -0.39 is 19.9 Å². The summed E-state index contributed by atoms with van der Waals surface area (Å²) in [6, 6.07) is 0. The third kappa shape index (κ3) is 134. The van der Waals surface area contributed by atoms with E-state index in [0.29, 0.717) is 5.92 Å². The Kier molecular flexibility index (Phi) is 100. The van der Waals surface area contributed by atoms with Crippen LogP contribution in [0.1, 0.15) is 157 Å². The minimum absolute atomic E-state index is 0. The van der Waals surface area contributed by atoms with Crippen molar-refractivity contribution in [2.75, 3.05) is 52.3 Å². The number of unbranched alkanes of at least 4 members (excludes halogenated alkanes) is 13. The van der Waals surface area contributed by atoms with E-state index in [0.717, 1.165) is 6.42 Å². The molecule has 0 fully saturated rings. The van der Waals surface area contributed by atoms with Crippen LogP contribution in [-0.4, -0.2) is 113 Å². The topological polar surface area (TPSA) is 318 Å². The number of hydrogen-bond donors (Lipinski definition) is 7. The van der Waals surface area contributed by atoms with Gasteiger partial charge in [0.1, 0.15) is 0 Å². The number of aliphatic hydroxyl groups is 1. The summed E-state index contributed by atoms with van der Waals surface area (Å²) in [6.07, 6.45) is 27.5. The Labute approximate surface area is 359 Å². The first-order valence-electron chi connectivity index (χ1n) is 19.5. The fraction of sp³-hybridized carbons (Fsp3) is 1.00. The maximum atomic E-state index is 11.1. The molecule has 0 aliphatic rings. The molecule has 0 spiro atoms. The predicted molar refractivity (Wildman–Crippen MR) is 249 cm³/mol. The fourth-order valence-corrected chi connectivity index (χ4v) is 4.56. The summed E-state index contributed by atoms with van der Waals surface area (Å²) in [5, 5.41) is 57.9. The first-order chi connectivity index (χ1) is 26.2. The van der Waals surface area contributed by atoms with Crippen LogP contribution in [0.4, 0.5) is 0 Å². The Morgan fingerprint density at radius 1 is 0.439 bits per heavy atom. The SMILES string of the molecule is CCCCCCCCC(CCCCCC)C(O)(P)CCCCCCCC.CC[PH](C)(C)C.CC[PH](C)(C)C.O=NO.O=NO.O=NO.O=NO.O=NO.O=NO.[LiH]. The Bertz CT molecular complexity index is 704. The van der Waals surface area contributed by atoms with Crippen molar-refractivity contribution < 1.29 is 36.4 Å². The van der Waals surface area contributed by atoms with Crippen LogP contribution in [0.2, 0.25) is 0 Å². The Morgan fingerprint density at radius 3 is 0.825 bits per heavy atom. The Balaban J connectivity index is -0.0000000720. The van der Waals surface area contributed by atoms with Gasteiger partial charge in [0.05, 0.1) is 5.34 Å². The summed E-state index contributed by atoms with van der Waals surface area (Å²) in [5.41, 5.74) is 0. The van der Waals surface area contributed by atoms with E-state index in [4.69, 9.17) is 60.7 Å².